The fraction of sp³-hybridized carbons (Fsp3) is 0.136. The third-order valence-corrected chi connectivity index (χ3v) is 6.25. The Morgan fingerprint density at radius 3 is 2.39 bits per heavy atom. The van der Waals surface area contributed by atoms with Crippen molar-refractivity contribution in [1.82, 2.24) is 15.0 Å². The first kappa shape index (κ1) is 25.9. The van der Waals surface area contributed by atoms with Crippen LogP contribution in [0.2, 0.25) is 0 Å². The van der Waals surface area contributed by atoms with Crippen LogP contribution < -0.4 is 10.2 Å². The molecule has 12 nitrogen and oxygen atoms in total. The Hall–Kier alpha value is -3.21. The van der Waals surface area contributed by atoms with Crippen LogP contribution in [0.15, 0.2) is 64.4 Å². The van der Waals surface area contributed by atoms with Gasteiger partial charge in [0.25, 0.3) is 0 Å². The number of hydrogen-bond donors (Lipinski definition) is 4. The maximum absolute atomic E-state index is 10.5. The minimum atomic E-state index is -0.0606. The van der Waals surface area contributed by atoms with E-state index in [1.165, 1.54) is 6.07 Å². The number of aromatic hydroxyl groups is 1. The summed E-state index contributed by atoms with van der Waals surface area (Å²) < 4.78 is 9.19. The summed E-state index contributed by atoms with van der Waals surface area (Å²) in [5, 5.41) is 39.3. The molecule has 0 aliphatic rings. The van der Waals surface area contributed by atoms with E-state index in [0.717, 1.165) is 5.69 Å². The Morgan fingerprint density at radius 2 is 1.67 bits per heavy atom. The molecule has 188 valence electrons. The highest BCUT2D eigenvalue weighted by molar-refractivity contribution is 7.95. The van der Waals surface area contributed by atoms with Gasteiger partial charge in [0.05, 0.1) is 34.7 Å². The molecule has 0 spiro atoms. The summed E-state index contributed by atoms with van der Waals surface area (Å²) in [6.07, 6.45) is 0. The molecule has 0 saturated carbocycles. The van der Waals surface area contributed by atoms with Crippen LogP contribution in [0.5, 0.6) is 5.75 Å². The van der Waals surface area contributed by atoms with Crippen LogP contribution in [0.4, 0.5) is 23.3 Å². The average molecular weight is 532 g/mol. The van der Waals surface area contributed by atoms with E-state index in [9.17, 15) is 5.11 Å². The molecule has 0 unspecified atom stereocenters. The minimum Gasteiger partial charge on any atom is -0.507 e. The number of phenols is 1. The van der Waals surface area contributed by atoms with E-state index < -0.39 is 0 Å². The molecule has 36 heavy (non-hydrogen) atoms. The first-order valence-corrected chi connectivity index (χ1v) is 11.9. The lowest BCUT2D eigenvalue weighted by atomic mass is 10.1. The SMILES string of the molecule is CCN(c1ccccc1)c1nc(C)nc(Nc2ccc3c(O)cc(SOOO)cc3c2SOOO)n1. The monoisotopic (exact) mass is 531 g/mol. The Morgan fingerprint density at radius 1 is 0.917 bits per heavy atom. The van der Waals surface area contributed by atoms with Gasteiger partial charge in [0.15, 0.2) is 0 Å². The highest BCUT2D eigenvalue weighted by Crippen LogP contribution is 2.42. The molecule has 1 heterocycles. The highest BCUT2D eigenvalue weighted by atomic mass is 32.2. The van der Waals surface area contributed by atoms with Gasteiger partial charge in [-0.3, -0.25) is 0 Å². The maximum Gasteiger partial charge on any atom is 0.234 e. The largest absolute Gasteiger partial charge is 0.507 e. The fourth-order valence-corrected chi connectivity index (χ4v) is 4.52. The molecular formula is C22H21N5O7S2. The van der Waals surface area contributed by atoms with Crippen molar-refractivity contribution in [2.75, 3.05) is 16.8 Å². The van der Waals surface area contributed by atoms with Crippen molar-refractivity contribution < 1.29 is 34.4 Å². The number of para-hydroxylation sites is 1. The van der Waals surface area contributed by atoms with Gasteiger partial charge < -0.3 is 15.3 Å². The standard InChI is InChI=1S/C22H21N5O7S2/c1-3-27(14-7-5-4-6-8-14)22-24-13(2)23-21(26-22)25-18-10-9-16-17(20(18)36-34-32-30)11-15(12-19(16)28)35-33-31-29/h4-12,28-30H,3H2,1-2H3,(H,23,24,25,26). The first-order valence-electron chi connectivity index (χ1n) is 10.5. The number of nitrogens with zero attached hydrogens (tertiary/aromatic N) is 4. The second-order valence-electron chi connectivity index (χ2n) is 7.14. The van der Waals surface area contributed by atoms with E-state index in [1.807, 2.05) is 42.2 Å². The van der Waals surface area contributed by atoms with Crippen LogP contribution in [0, 0.1) is 6.92 Å². The Bertz CT molecular complexity index is 1330. The smallest absolute Gasteiger partial charge is 0.234 e. The molecule has 0 aliphatic heterocycles. The van der Waals surface area contributed by atoms with Crippen molar-refractivity contribution in [1.29, 1.82) is 0 Å². The van der Waals surface area contributed by atoms with Crippen LogP contribution in [-0.2, 0) is 18.7 Å². The molecule has 4 rings (SSSR count). The van der Waals surface area contributed by atoms with E-state index >= 15 is 0 Å². The van der Waals surface area contributed by atoms with Gasteiger partial charge in [-0.05, 0) is 50.2 Å². The zero-order chi connectivity index (χ0) is 25.5. The lowest BCUT2D eigenvalue weighted by molar-refractivity contribution is -0.432. The average Bonchev–Trinajstić information content (AvgIpc) is 2.87. The number of nitrogens with one attached hydrogen (secondary N) is 1. The van der Waals surface area contributed by atoms with E-state index in [0.29, 0.717) is 68.7 Å². The van der Waals surface area contributed by atoms with Gasteiger partial charge in [0.2, 0.25) is 11.9 Å². The molecule has 0 saturated heterocycles. The van der Waals surface area contributed by atoms with E-state index in [1.54, 1.807) is 25.1 Å². The van der Waals surface area contributed by atoms with Crippen LogP contribution in [0.3, 0.4) is 0 Å². The van der Waals surface area contributed by atoms with Crippen LogP contribution in [-0.4, -0.2) is 37.1 Å². The van der Waals surface area contributed by atoms with Gasteiger partial charge in [-0.25, -0.2) is 10.5 Å². The van der Waals surface area contributed by atoms with Gasteiger partial charge in [-0.2, -0.15) is 15.0 Å². The number of aromatic nitrogens is 3. The molecule has 0 amide bonds. The summed E-state index contributed by atoms with van der Waals surface area (Å²) in [5.74, 6) is 1.17. The first-order chi connectivity index (χ1) is 17.5. The van der Waals surface area contributed by atoms with E-state index in [-0.39, 0.29) is 11.7 Å². The van der Waals surface area contributed by atoms with Gasteiger partial charge in [-0.1, -0.05) is 28.3 Å². The van der Waals surface area contributed by atoms with Crippen molar-refractivity contribution in [2.45, 2.75) is 23.6 Å². The van der Waals surface area contributed by atoms with Gasteiger partial charge in [0.1, 0.15) is 11.6 Å². The third-order valence-electron chi connectivity index (χ3n) is 4.95. The van der Waals surface area contributed by atoms with Gasteiger partial charge in [0, 0.05) is 27.9 Å². The molecule has 0 fully saturated rings. The van der Waals surface area contributed by atoms with Crippen molar-refractivity contribution in [3.8, 4) is 5.75 Å². The zero-order valence-corrected chi connectivity index (χ0v) is 20.6. The molecule has 14 heteroatoms. The summed E-state index contributed by atoms with van der Waals surface area (Å²) in [4.78, 5) is 16.3. The molecule has 4 N–H and O–H groups in total. The Labute approximate surface area is 214 Å². The minimum absolute atomic E-state index is 0.0606. The maximum atomic E-state index is 10.5. The number of fused-ring (bicyclic) bond motifs is 1. The Balaban J connectivity index is 1.76. The number of hydrogen-bond acceptors (Lipinski definition) is 14. The Kier molecular flexibility index (Phi) is 8.74. The predicted molar refractivity (Wildman–Crippen MR) is 134 cm³/mol. The van der Waals surface area contributed by atoms with Crippen LogP contribution >= 0.6 is 24.1 Å². The predicted octanol–water partition coefficient (Wildman–Crippen LogP) is 5.80. The summed E-state index contributed by atoms with van der Waals surface area (Å²) in [7, 11) is 0. The fourth-order valence-electron chi connectivity index (χ4n) is 3.51. The number of benzene rings is 3. The molecule has 1 aromatic heterocycles. The lowest BCUT2D eigenvalue weighted by Gasteiger charge is -2.21. The van der Waals surface area contributed by atoms with Crippen molar-refractivity contribution in [2.24, 2.45) is 0 Å². The van der Waals surface area contributed by atoms with E-state index in [2.05, 4.69) is 34.7 Å². The molecule has 0 radical (unpaired) electrons. The quantitative estimate of drug-likeness (QED) is 0.105. The van der Waals surface area contributed by atoms with Crippen LogP contribution in [0.1, 0.15) is 12.7 Å². The normalized spacial score (nSPS) is 11.1. The highest BCUT2D eigenvalue weighted by Gasteiger charge is 2.18. The second kappa shape index (κ2) is 12.2. The second-order valence-corrected chi connectivity index (χ2v) is 8.63. The lowest BCUT2D eigenvalue weighted by Crippen LogP contribution is -2.20. The zero-order valence-electron chi connectivity index (χ0n) is 19.0. The van der Waals surface area contributed by atoms with Crippen molar-refractivity contribution in [3.63, 3.8) is 0 Å². The molecule has 4 aromatic rings. The molecule has 3 aromatic carbocycles. The molecule has 0 aliphatic carbocycles. The number of aryl methyl sites for hydroxylation is 1. The van der Waals surface area contributed by atoms with Gasteiger partial charge >= 0.3 is 0 Å². The van der Waals surface area contributed by atoms with E-state index in [4.69, 9.17) is 14.8 Å². The molecule has 0 bridgehead atoms. The summed E-state index contributed by atoms with van der Waals surface area (Å²) in [5.41, 5.74) is 1.42. The third kappa shape index (κ3) is 5.95. The van der Waals surface area contributed by atoms with Crippen molar-refractivity contribution in [3.05, 3.63) is 60.4 Å². The number of anilines is 4. The van der Waals surface area contributed by atoms with Crippen LogP contribution in [0.25, 0.3) is 10.8 Å². The number of phenolic OH excluding ortho intramolecular Hbond substituents is 1. The summed E-state index contributed by atoms with van der Waals surface area (Å²) >= 11 is 1.37. The molecule has 0 atom stereocenters. The topological polar surface area (TPSA) is 152 Å². The van der Waals surface area contributed by atoms with Gasteiger partial charge in [-0.15, -0.1) is 8.67 Å². The number of rotatable bonds is 11. The van der Waals surface area contributed by atoms with Crippen molar-refractivity contribution >= 4 is 58.1 Å². The summed E-state index contributed by atoms with van der Waals surface area (Å²) in [6, 6.07) is 16.2. The summed E-state index contributed by atoms with van der Waals surface area (Å²) in [6.45, 7) is 4.39. The molecular weight excluding hydrogens is 510 g/mol.